The van der Waals surface area contributed by atoms with Crippen molar-refractivity contribution < 1.29 is 5.11 Å². The fourth-order valence-electron chi connectivity index (χ4n) is 11.8. The first-order chi connectivity index (χ1) is 23.7. The molecule has 1 nitrogen and oxygen atoms in total. The summed E-state index contributed by atoms with van der Waals surface area (Å²) in [4.78, 5) is 0. The Morgan fingerprint density at radius 3 is 0.982 bits per heavy atom. The molecule has 1 aliphatic carbocycles. The van der Waals surface area contributed by atoms with E-state index in [4.69, 9.17) is 7.85 Å². The van der Waals surface area contributed by atoms with Crippen molar-refractivity contribution in [1.82, 2.24) is 0 Å². The summed E-state index contributed by atoms with van der Waals surface area (Å²) in [6, 6.07) is 0. The van der Waals surface area contributed by atoms with Gasteiger partial charge in [0.05, 0.1) is 14.0 Å². The van der Waals surface area contributed by atoms with Crippen molar-refractivity contribution in [2.24, 2.45) is 88.1 Å². The quantitative estimate of drug-likeness (QED) is 0.146. The van der Waals surface area contributed by atoms with Gasteiger partial charge >= 0.3 is 0 Å². The SMILES string of the molecule is C.C#C.C#CC.[B]C1CC(O)C(C(C)(C)C(C)(C)C(C)(C)C(C)(C)C(C)(C)C(C)(C)C(C)(C)C)C1C(C)(C)C(C)(C)C(C)(C)C(C)(C)C(C)(C)C(C)(C)C(C)C. The zero-order valence-electron chi connectivity index (χ0n) is 43.4. The van der Waals surface area contributed by atoms with Crippen LogP contribution in [-0.2, 0) is 0 Å². The van der Waals surface area contributed by atoms with Crippen LogP contribution in [0.25, 0.3) is 0 Å². The largest absolute Gasteiger partial charge is 0.393 e. The van der Waals surface area contributed by atoms with Gasteiger partial charge in [-0.1, -0.05) is 214 Å². The Hall–Kier alpha value is -0.855. The summed E-state index contributed by atoms with van der Waals surface area (Å²) < 4.78 is 0. The molecule has 0 aliphatic heterocycles. The lowest BCUT2D eigenvalue weighted by Gasteiger charge is -2.70. The fraction of sp³-hybridized carbons (Fsp3) is 0.926. The van der Waals surface area contributed by atoms with Crippen molar-refractivity contribution in [2.45, 2.75) is 233 Å². The van der Waals surface area contributed by atoms with Gasteiger partial charge in [-0.2, -0.15) is 0 Å². The van der Waals surface area contributed by atoms with Gasteiger partial charge in [0, 0.05) is 0 Å². The van der Waals surface area contributed by atoms with E-state index in [2.05, 4.69) is 226 Å². The number of rotatable bonds is 13. The standard InChI is InChI=1S/C48H95BO.C3H4.C2H2.CH4/c1-31(2)37(6,7)41(14,15)45(22,23)46(24,25)42(16,17)38(8,9)34-32(49)30-33(50)35(34)39(10,11)43(18,19)47(26,27)48(28,29)44(20,21)40(12,13)36(3,4)5;1-3-2;1-2;/h31-35,50H,30H2,1-29H3;1H,2H3;1-2H;1H4. The zero-order chi connectivity index (χ0) is 45.8. The lowest BCUT2D eigenvalue weighted by molar-refractivity contribution is -0.222. The smallest absolute Gasteiger partial charge is 0.0705 e. The summed E-state index contributed by atoms with van der Waals surface area (Å²) >= 11 is 0. The highest BCUT2D eigenvalue weighted by atomic mass is 16.3. The Balaban J connectivity index is -0.00000445. The van der Waals surface area contributed by atoms with E-state index < -0.39 is 6.10 Å². The van der Waals surface area contributed by atoms with Gasteiger partial charge in [-0.05, 0) is 101 Å². The van der Waals surface area contributed by atoms with E-state index in [-0.39, 0.29) is 95.5 Å². The number of aliphatic hydroxyl groups is 1. The van der Waals surface area contributed by atoms with E-state index >= 15 is 0 Å². The van der Waals surface area contributed by atoms with Crippen LogP contribution < -0.4 is 0 Å². The summed E-state index contributed by atoms with van der Waals surface area (Å²) in [5, 5.41) is 12.3. The van der Waals surface area contributed by atoms with Gasteiger partial charge in [-0.15, -0.1) is 25.2 Å². The molecule has 2 radical (unpaired) electrons. The van der Waals surface area contributed by atoms with Crippen LogP contribution in [0.5, 0.6) is 0 Å². The summed E-state index contributed by atoms with van der Waals surface area (Å²) in [7, 11) is 7.34. The van der Waals surface area contributed by atoms with Gasteiger partial charge in [0.25, 0.3) is 0 Å². The average molecular weight is 781 g/mol. The summed E-state index contributed by atoms with van der Waals surface area (Å²) in [6.45, 7) is 74.0. The van der Waals surface area contributed by atoms with E-state index in [1.807, 2.05) is 0 Å². The molecule has 0 spiro atoms. The van der Waals surface area contributed by atoms with Gasteiger partial charge in [0.2, 0.25) is 0 Å². The number of hydrogen-bond donors (Lipinski definition) is 1. The molecule has 0 saturated heterocycles. The molecule has 1 saturated carbocycles. The second kappa shape index (κ2) is 17.3. The molecule has 0 aromatic heterocycles. The predicted molar refractivity (Wildman–Crippen MR) is 258 cm³/mol. The number of hydrogen-bond acceptors (Lipinski definition) is 1. The highest BCUT2D eigenvalue weighted by Crippen LogP contribution is 2.75. The molecule has 1 aliphatic rings. The van der Waals surface area contributed by atoms with Crippen LogP contribution >= 0.6 is 0 Å². The second-order valence-electron chi connectivity index (χ2n) is 26.0. The van der Waals surface area contributed by atoms with Gasteiger partial charge in [0.1, 0.15) is 0 Å². The number of aliphatic hydroxyl groups excluding tert-OH is 1. The Bertz CT molecular complexity index is 1320. The van der Waals surface area contributed by atoms with Crippen LogP contribution in [0.3, 0.4) is 0 Å². The highest BCUT2D eigenvalue weighted by molar-refractivity contribution is 6.12. The van der Waals surface area contributed by atoms with Crippen molar-refractivity contribution in [3.63, 3.8) is 0 Å². The van der Waals surface area contributed by atoms with Crippen LogP contribution in [0.1, 0.15) is 222 Å². The molecule has 0 bridgehead atoms. The first-order valence-electron chi connectivity index (χ1n) is 21.8. The van der Waals surface area contributed by atoms with Gasteiger partial charge < -0.3 is 5.11 Å². The first kappa shape index (κ1) is 59.5. The minimum atomic E-state index is -0.440. The third kappa shape index (κ3) is 8.28. The summed E-state index contributed by atoms with van der Waals surface area (Å²) in [5.74, 6) is 2.94. The predicted octanol–water partition coefficient (Wildman–Crippen LogP) is 16.5. The van der Waals surface area contributed by atoms with Crippen molar-refractivity contribution in [3.05, 3.63) is 0 Å². The Kier molecular flexibility index (Phi) is 18.3. The van der Waals surface area contributed by atoms with Crippen molar-refractivity contribution >= 4 is 7.85 Å². The van der Waals surface area contributed by atoms with E-state index in [9.17, 15) is 5.11 Å². The maximum atomic E-state index is 12.3. The Labute approximate surface area is 358 Å². The lowest BCUT2D eigenvalue weighted by atomic mass is 9.34. The maximum absolute atomic E-state index is 12.3. The van der Waals surface area contributed by atoms with Crippen LogP contribution in [-0.4, -0.2) is 19.1 Å². The topological polar surface area (TPSA) is 20.2 Å². The number of terminal acetylenes is 2. The molecule has 0 amide bonds. The normalized spacial score (nSPS) is 21.6. The molecular formula is C54H105BO. The van der Waals surface area contributed by atoms with Gasteiger partial charge in [-0.3, -0.25) is 0 Å². The van der Waals surface area contributed by atoms with Gasteiger partial charge in [0.15, 0.2) is 0 Å². The molecule has 1 fully saturated rings. The average Bonchev–Trinajstić information content (AvgIpc) is 3.31. The minimum Gasteiger partial charge on any atom is -0.393 e. The Morgan fingerprint density at radius 1 is 0.482 bits per heavy atom. The lowest BCUT2D eigenvalue weighted by Crippen LogP contribution is -2.64. The van der Waals surface area contributed by atoms with Crippen molar-refractivity contribution in [3.8, 4) is 25.2 Å². The molecule has 4 unspecified atom stereocenters. The molecule has 56 heavy (non-hydrogen) atoms. The first-order valence-corrected chi connectivity index (χ1v) is 21.8. The summed E-state index contributed by atoms with van der Waals surface area (Å²) in [6.07, 6.45) is 12.8. The highest BCUT2D eigenvalue weighted by Gasteiger charge is 2.69. The third-order valence-corrected chi connectivity index (χ3v) is 22.5. The van der Waals surface area contributed by atoms with E-state index in [0.29, 0.717) is 12.3 Å². The molecule has 1 N–H and O–H groups in total. The van der Waals surface area contributed by atoms with E-state index in [1.165, 1.54) is 0 Å². The van der Waals surface area contributed by atoms with Crippen molar-refractivity contribution in [2.75, 3.05) is 0 Å². The Morgan fingerprint density at radius 2 is 0.714 bits per heavy atom. The van der Waals surface area contributed by atoms with E-state index in [1.54, 1.807) is 6.92 Å². The zero-order valence-corrected chi connectivity index (χ0v) is 43.4. The molecule has 4 atom stereocenters. The van der Waals surface area contributed by atoms with Crippen LogP contribution in [0.2, 0.25) is 5.82 Å². The molecule has 2 heteroatoms. The maximum Gasteiger partial charge on any atom is 0.0705 e. The van der Waals surface area contributed by atoms with Crippen LogP contribution in [0.15, 0.2) is 0 Å². The van der Waals surface area contributed by atoms with E-state index in [0.717, 1.165) is 0 Å². The van der Waals surface area contributed by atoms with Crippen molar-refractivity contribution in [1.29, 1.82) is 0 Å². The minimum absolute atomic E-state index is 0. The molecule has 0 heterocycles. The third-order valence-electron chi connectivity index (χ3n) is 22.5. The molecule has 0 aromatic carbocycles. The second-order valence-corrected chi connectivity index (χ2v) is 26.0. The fourth-order valence-corrected chi connectivity index (χ4v) is 11.8. The van der Waals surface area contributed by atoms with Crippen LogP contribution in [0, 0.1) is 113 Å². The summed E-state index contributed by atoms with van der Waals surface area (Å²) in [5.41, 5.74) is -0.499. The molecular weight excluding hydrogens is 675 g/mol. The monoisotopic (exact) mass is 781 g/mol. The molecule has 0 aromatic rings. The van der Waals surface area contributed by atoms with Crippen LogP contribution in [0.4, 0.5) is 0 Å². The van der Waals surface area contributed by atoms with Gasteiger partial charge in [-0.25, -0.2) is 0 Å². The molecule has 330 valence electrons. The molecule has 1 rings (SSSR count).